The van der Waals surface area contributed by atoms with E-state index in [2.05, 4.69) is 5.32 Å². The minimum Gasteiger partial charge on any atom is -0.354 e. The normalized spacial score (nSPS) is 12.2. The summed E-state index contributed by atoms with van der Waals surface area (Å²) >= 11 is 12.7. The summed E-state index contributed by atoms with van der Waals surface area (Å²) < 4.78 is 39.2. The molecule has 0 aromatic heterocycles. The van der Waals surface area contributed by atoms with Crippen LogP contribution in [-0.4, -0.2) is 50.5 Å². The van der Waals surface area contributed by atoms with Crippen LogP contribution >= 0.6 is 23.2 Å². The summed E-state index contributed by atoms with van der Waals surface area (Å²) in [5.41, 5.74) is 0.834. The van der Waals surface area contributed by atoms with Gasteiger partial charge in [-0.15, -0.1) is 0 Å². The third-order valence-corrected chi connectivity index (χ3v) is 7.77. The van der Waals surface area contributed by atoms with E-state index in [4.69, 9.17) is 23.2 Å². The molecule has 0 bridgehead atoms. The van der Waals surface area contributed by atoms with Crippen molar-refractivity contribution in [3.05, 3.63) is 63.9 Å². The first-order valence-electron chi connectivity index (χ1n) is 12.2. The quantitative estimate of drug-likeness (QED) is 0.306. The van der Waals surface area contributed by atoms with Crippen LogP contribution in [0.3, 0.4) is 0 Å². The molecule has 1 atom stereocenters. The second-order valence-electron chi connectivity index (χ2n) is 8.71. The lowest BCUT2D eigenvalue weighted by atomic mass is 10.1. The van der Waals surface area contributed by atoms with Crippen LogP contribution in [0, 0.1) is 5.82 Å². The Kier molecular flexibility index (Phi) is 12.1. The highest BCUT2D eigenvalue weighted by Crippen LogP contribution is 2.27. The van der Waals surface area contributed by atoms with Crippen molar-refractivity contribution in [3.8, 4) is 0 Å². The molecule has 0 radical (unpaired) electrons. The number of hydrogen-bond acceptors (Lipinski definition) is 4. The fraction of sp³-hybridized carbons (Fsp3) is 0.462. The molecule has 2 aromatic rings. The number of carbonyl (C=O) groups excluding carboxylic acids is 2. The largest absolute Gasteiger partial charge is 0.354 e. The first-order chi connectivity index (χ1) is 17.5. The number of sulfonamides is 1. The maximum Gasteiger partial charge on any atom is 0.242 e. The van der Waals surface area contributed by atoms with Crippen molar-refractivity contribution in [2.24, 2.45) is 0 Å². The second kappa shape index (κ2) is 14.5. The van der Waals surface area contributed by atoms with Gasteiger partial charge in [-0.05, 0) is 55.7 Å². The Morgan fingerprint density at radius 2 is 1.65 bits per heavy atom. The molecule has 2 aromatic carbocycles. The number of benzene rings is 2. The molecule has 0 fully saturated rings. The summed E-state index contributed by atoms with van der Waals surface area (Å²) in [6.07, 6.45) is 3.32. The van der Waals surface area contributed by atoms with Crippen molar-refractivity contribution < 1.29 is 22.4 Å². The van der Waals surface area contributed by atoms with Gasteiger partial charge in [0.25, 0.3) is 0 Å². The predicted octanol–water partition coefficient (Wildman–Crippen LogP) is 5.40. The van der Waals surface area contributed by atoms with Gasteiger partial charge in [0.15, 0.2) is 0 Å². The number of halogens is 3. The molecule has 2 rings (SSSR count). The van der Waals surface area contributed by atoms with Gasteiger partial charge >= 0.3 is 0 Å². The van der Waals surface area contributed by atoms with Crippen molar-refractivity contribution in [1.82, 2.24) is 10.2 Å². The molecule has 0 heterocycles. The zero-order valence-electron chi connectivity index (χ0n) is 21.3. The Morgan fingerprint density at radius 1 is 1.03 bits per heavy atom. The van der Waals surface area contributed by atoms with Crippen LogP contribution in [0.5, 0.6) is 0 Å². The van der Waals surface area contributed by atoms with E-state index < -0.39 is 21.9 Å². The molecular formula is C26H34Cl2FN3O4S. The minimum atomic E-state index is -3.67. The summed E-state index contributed by atoms with van der Waals surface area (Å²) in [5, 5.41) is 3.65. The highest BCUT2D eigenvalue weighted by molar-refractivity contribution is 7.92. The SMILES string of the molecule is CCCCNC(=O)[C@@H](CC)N(Cc1c(Cl)cccc1Cl)C(=O)CCCN(c1ccc(F)cc1)S(C)(=O)=O. The topological polar surface area (TPSA) is 86.8 Å². The lowest BCUT2D eigenvalue weighted by Crippen LogP contribution is -2.49. The molecule has 2 amide bonds. The molecule has 7 nitrogen and oxygen atoms in total. The molecule has 0 unspecified atom stereocenters. The standard InChI is InChI=1S/C26H34Cl2FN3O4S/c1-4-6-16-30-26(34)24(5-2)31(18-21-22(27)9-7-10-23(21)28)25(33)11-8-17-32(37(3,35)36)20-14-12-19(29)13-15-20/h7,9-10,12-15,24H,4-6,8,11,16-18H2,1-3H3,(H,30,34)/t24-/m1/s1. The fourth-order valence-corrected chi connectivity index (χ4v) is 5.37. The summed E-state index contributed by atoms with van der Waals surface area (Å²) in [7, 11) is -3.67. The Labute approximate surface area is 229 Å². The van der Waals surface area contributed by atoms with Gasteiger partial charge in [-0.2, -0.15) is 0 Å². The highest BCUT2D eigenvalue weighted by Gasteiger charge is 2.29. The number of rotatable bonds is 14. The van der Waals surface area contributed by atoms with Gasteiger partial charge in [0.2, 0.25) is 21.8 Å². The van der Waals surface area contributed by atoms with Crippen LogP contribution in [0.2, 0.25) is 10.0 Å². The van der Waals surface area contributed by atoms with Crippen LogP contribution in [0.15, 0.2) is 42.5 Å². The number of anilines is 1. The molecular weight excluding hydrogens is 540 g/mol. The van der Waals surface area contributed by atoms with E-state index in [1.54, 1.807) is 18.2 Å². The van der Waals surface area contributed by atoms with Crippen molar-refractivity contribution in [2.75, 3.05) is 23.7 Å². The average Bonchev–Trinajstić information content (AvgIpc) is 2.83. The zero-order chi connectivity index (χ0) is 27.6. The van der Waals surface area contributed by atoms with E-state index in [-0.39, 0.29) is 37.7 Å². The molecule has 0 saturated heterocycles. The first-order valence-corrected chi connectivity index (χ1v) is 14.8. The zero-order valence-corrected chi connectivity index (χ0v) is 23.7. The third kappa shape index (κ3) is 9.16. The summed E-state index contributed by atoms with van der Waals surface area (Å²) in [4.78, 5) is 27.9. The van der Waals surface area contributed by atoms with E-state index in [0.717, 1.165) is 23.4 Å². The fourth-order valence-electron chi connectivity index (χ4n) is 3.89. The van der Waals surface area contributed by atoms with Crippen LogP contribution in [0.4, 0.5) is 10.1 Å². The highest BCUT2D eigenvalue weighted by atomic mass is 35.5. The molecule has 0 aliphatic rings. The van der Waals surface area contributed by atoms with Gasteiger partial charge in [-0.25, -0.2) is 12.8 Å². The number of hydrogen-bond donors (Lipinski definition) is 1. The molecule has 1 N–H and O–H groups in total. The van der Waals surface area contributed by atoms with Crippen LogP contribution in [0.25, 0.3) is 0 Å². The van der Waals surface area contributed by atoms with Gasteiger partial charge in [-0.3, -0.25) is 13.9 Å². The maximum absolute atomic E-state index is 13.5. The van der Waals surface area contributed by atoms with Crippen LogP contribution in [0.1, 0.15) is 51.5 Å². The van der Waals surface area contributed by atoms with Crippen LogP contribution < -0.4 is 9.62 Å². The number of amides is 2. The maximum atomic E-state index is 13.5. The second-order valence-corrected chi connectivity index (χ2v) is 11.4. The van der Waals surface area contributed by atoms with Crippen molar-refractivity contribution >= 4 is 50.7 Å². The Bertz CT molecular complexity index is 1140. The summed E-state index contributed by atoms with van der Waals surface area (Å²) in [5.74, 6) is -1.08. The lowest BCUT2D eigenvalue weighted by molar-refractivity contribution is -0.141. The lowest BCUT2D eigenvalue weighted by Gasteiger charge is -2.31. The molecule has 0 saturated carbocycles. The molecule has 0 aliphatic carbocycles. The monoisotopic (exact) mass is 573 g/mol. The van der Waals surface area contributed by atoms with E-state index in [9.17, 15) is 22.4 Å². The Hall–Kier alpha value is -2.36. The van der Waals surface area contributed by atoms with Crippen molar-refractivity contribution in [3.63, 3.8) is 0 Å². The first kappa shape index (κ1) is 30.9. The molecule has 37 heavy (non-hydrogen) atoms. The number of nitrogens with one attached hydrogen (secondary N) is 1. The van der Waals surface area contributed by atoms with E-state index >= 15 is 0 Å². The minimum absolute atomic E-state index is 0.0103. The Morgan fingerprint density at radius 3 is 2.19 bits per heavy atom. The van der Waals surface area contributed by atoms with Gasteiger partial charge in [0, 0.05) is 41.7 Å². The number of unbranched alkanes of at least 4 members (excludes halogenated alkanes) is 1. The molecule has 0 aliphatic heterocycles. The van der Waals surface area contributed by atoms with Gasteiger partial charge in [0.1, 0.15) is 11.9 Å². The summed E-state index contributed by atoms with van der Waals surface area (Å²) in [6.45, 7) is 4.38. The molecule has 204 valence electrons. The van der Waals surface area contributed by atoms with Gasteiger partial charge in [0.05, 0.1) is 11.9 Å². The van der Waals surface area contributed by atoms with Gasteiger partial charge < -0.3 is 10.2 Å². The molecule has 0 spiro atoms. The third-order valence-electron chi connectivity index (χ3n) is 5.87. The van der Waals surface area contributed by atoms with Crippen molar-refractivity contribution in [2.45, 2.75) is 58.5 Å². The average molecular weight is 575 g/mol. The van der Waals surface area contributed by atoms with E-state index in [1.807, 2.05) is 13.8 Å². The van der Waals surface area contributed by atoms with E-state index in [1.165, 1.54) is 29.2 Å². The smallest absolute Gasteiger partial charge is 0.242 e. The number of nitrogens with zero attached hydrogens (tertiary/aromatic N) is 2. The van der Waals surface area contributed by atoms with Gasteiger partial charge in [-0.1, -0.05) is 49.5 Å². The predicted molar refractivity (Wildman–Crippen MR) is 147 cm³/mol. The molecule has 11 heteroatoms. The summed E-state index contributed by atoms with van der Waals surface area (Å²) in [6, 6.07) is 9.38. The Balaban J connectivity index is 2.24. The number of carbonyl (C=O) groups is 2. The van der Waals surface area contributed by atoms with Crippen LogP contribution in [-0.2, 0) is 26.2 Å². The van der Waals surface area contributed by atoms with E-state index in [0.29, 0.717) is 34.3 Å². The van der Waals surface area contributed by atoms with Crippen molar-refractivity contribution in [1.29, 1.82) is 0 Å².